The monoisotopic (exact) mass is 340 g/mol. The standard InChI is InChI=1S/C9H13ClN4O4S2/c10-6-3-7-9(4-8(6)19(12,15)16)20(17,18)14(2-1-11)5-13-7/h3-4,13H,1-2,5,11H2,(H2,12,15,16). The summed E-state index contributed by atoms with van der Waals surface area (Å²) in [5, 5.41) is 7.72. The highest BCUT2D eigenvalue weighted by Gasteiger charge is 2.33. The zero-order valence-electron chi connectivity index (χ0n) is 10.2. The predicted molar refractivity (Wildman–Crippen MR) is 74.3 cm³/mol. The lowest BCUT2D eigenvalue weighted by atomic mass is 10.3. The van der Waals surface area contributed by atoms with Gasteiger partial charge in [-0.3, -0.25) is 0 Å². The molecular weight excluding hydrogens is 328 g/mol. The van der Waals surface area contributed by atoms with Crippen LogP contribution in [0, 0.1) is 0 Å². The van der Waals surface area contributed by atoms with Crippen LogP contribution in [0.4, 0.5) is 5.69 Å². The van der Waals surface area contributed by atoms with Crippen LogP contribution in [0.25, 0.3) is 0 Å². The van der Waals surface area contributed by atoms with E-state index in [1.807, 2.05) is 0 Å². The summed E-state index contributed by atoms with van der Waals surface area (Å²) in [6, 6.07) is 2.19. The second-order valence-corrected chi connectivity index (χ2v) is 7.97. The summed E-state index contributed by atoms with van der Waals surface area (Å²) in [7, 11) is -7.95. The van der Waals surface area contributed by atoms with Gasteiger partial charge in [0.1, 0.15) is 9.79 Å². The van der Waals surface area contributed by atoms with E-state index in [1.54, 1.807) is 0 Å². The maximum Gasteiger partial charge on any atom is 0.246 e. The first-order valence-electron chi connectivity index (χ1n) is 5.48. The number of sulfonamides is 2. The van der Waals surface area contributed by atoms with Crippen molar-refractivity contribution in [3.63, 3.8) is 0 Å². The molecule has 1 aliphatic rings. The molecule has 1 aromatic rings. The molecule has 0 aromatic heterocycles. The molecule has 8 nitrogen and oxygen atoms in total. The molecule has 0 bridgehead atoms. The molecule has 2 rings (SSSR count). The second-order valence-electron chi connectivity index (χ2n) is 4.13. The van der Waals surface area contributed by atoms with Crippen molar-refractivity contribution in [2.45, 2.75) is 9.79 Å². The molecule has 20 heavy (non-hydrogen) atoms. The Morgan fingerprint density at radius 2 is 2.05 bits per heavy atom. The molecule has 0 unspecified atom stereocenters. The summed E-state index contributed by atoms with van der Waals surface area (Å²) < 4.78 is 48.6. The third kappa shape index (κ3) is 2.62. The fraction of sp³-hybridized carbons (Fsp3) is 0.333. The first-order chi connectivity index (χ1) is 9.17. The summed E-state index contributed by atoms with van der Waals surface area (Å²) in [5.41, 5.74) is 5.58. The first kappa shape index (κ1) is 15.5. The molecule has 11 heteroatoms. The van der Waals surface area contributed by atoms with E-state index in [1.165, 1.54) is 6.07 Å². The fourth-order valence-electron chi connectivity index (χ4n) is 1.84. The van der Waals surface area contributed by atoms with E-state index in [4.69, 9.17) is 22.5 Å². The number of fused-ring (bicyclic) bond motifs is 1. The van der Waals surface area contributed by atoms with E-state index in [0.29, 0.717) is 0 Å². The molecule has 1 heterocycles. The van der Waals surface area contributed by atoms with Crippen molar-refractivity contribution in [2.24, 2.45) is 10.9 Å². The van der Waals surface area contributed by atoms with Gasteiger partial charge in [-0.25, -0.2) is 22.0 Å². The molecule has 0 saturated carbocycles. The van der Waals surface area contributed by atoms with Gasteiger partial charge in [0.2, 0.25) is 20.0 Å². The summed E-state index contributed by atoms with van der Waals surface area (Å²) in [5.74, 6) is 0. The summed E-state index contributed by atoms with van der Waals surface area (Å²) in [6.07, 6.45) is 0. The number of hydrogen-bond acceptors (Lipinski definition) is 6. The molecule has 1 aromatic carbocycles. The van der Waals surface area contributed by atoms with Crippen molar-refractivity contribution in [3.05, 3.63) is 17.2 Å². The molecule has 0 amide bonds. The molecule has 0 atom stereocenters. The van der Waals surface area contributed by atoms with E-state index in [0.717, 1.165) is 10.4 Å². The maximum absolute atomic E-state index is 12.3. The van der Waals surface area contributed by atoms with Gasteiger partial charge in [0.05, 0.1) is 17.4 Å². The zero-order chi connectivity index (χ0) is 15.1. The summed E-state index contributed by atoms with van der Waals surface area (Å²) >= 11 is 5.81. The van der Waals surface area contributed by atoms with Gasteiger partial charge in [-0.2, -0.15) is 4.31 Å². The first-order valence-corrected chi connectivity index (χ1v) is 8.85. The molecule has 1 aliphatic heterocycles. The highest BCUT2D eigenvalue weighted by molar-refractivity contribution is 7.90. The van der Waals surface area contributed by atoms with E-state index in [2.05, 4.69) is 5.32 Å². The van der Waals surface area contributed by atoms with Gasteiger partial charge < -0.3 is 11.1 Å². The number of nitrogens with zero attached hydrogens (tertiary/aromatic N) is 1. The van der Waals surface area contributed by atoms with Crippen LogP contribution in [0.15, 0.2) is 21.9 Å². The Bertz CT molecular complexity index is 747. The van der Waals surface area contributed by atoms with Gasteiger partial charge in [0.15, 0.2) is 0 Å². The highest BCUT2D eigenvalue weighted by Crippen LogP contribution is 2.34. The van der Waals surface area contributed by atoms with Gasteiger partial charge in [0, 0.05) is 13.1 Å². The number of nitrogens with two attached hydrogens (primary N) is 2. The zero-order valence-corrected chi connectivity index (χ0v) is 12.6. The van der Waals surface area contributed by atoms with Crippen molar-refractivity contribution in [3.8, 4) is 0 Å². The molecule has 0 radical (unpaired) electrons. The van der Waals surface area contributed by atoms with E-state index >= 15 is 0 Å². The van der Waals surface area contributed by atoms with Gasteiger partial charge in [-0.05, 0) is 12.1 Å². The SMILES string of the molecule is NCCN1CNc2cc(Cl)c(S(N)(=O)=O)cc2S1(=O)=O. The number of benzene rings is 1. The van der Waals surface area contributed by atoms with Crippen molar-refractivity contribution >= 4 is 37.3 Å². The van der Waals surface area contributed by atoms with Gasteiger partial charge in [0.25, 0.3) is 0 Å². The van der Waals surface area contributed by atoms with Crippen LogP contribution < -0.4 is 16.2 Å². The van der Waals surface area contributed by atoms with Crippen molar-refractivity contribution in [1.29, 1.82) is 0 Å². The molecule has 112 valence electrons. The minimum atomic E-state index is -4.11. The molecule has 0 aliphatic carbocycles. The minimum Gasteiger partial charge on any atom is -0.370 e. The van der Waals surface area contributed by atoms with Gasteiger partial charge >= 0.3 is 0 Å². The normalized spacial score (nSPS) is 18.4. The predicted octanol–water partition coefficient (Wildman–Crippen LogP) is -0.680. The maximum atomic E-state index is 12.3. The Hall–Kier alpha value is -0.910. The number of anilines is 1. The number of hydrogen-bond donors (Lipinski definition) is 3. The Morgan fingerprint density at radius 3 is 2.60 bits per heavy atom. The lowest BCUT2D eigenvalue weighted by Crippen LogP contribution is -2.42. The van der Waals surface area contributed by atoms with Crippen LogP contribution in [0.1, 0.15) is 0 Å². The third-order valence-electron chi connectivity index (χ3n) is 2.78. The van der Waals surface area contributed by atoms with Crippen molar-refractivity contribution in [2.75, 3.05) is 25.1 Å². The minimum absolute atomic E-state index is 0.0393. The lowest BCUT2D eigenvalue weighted by Gasteiger charge is -2.29. The average Bonchev–Trinajstić information content (AvgIpc) is 2.31. The van der Waals surface area contributed by atoms with Crippen LogP contribution in [-0.2, 0) is 20.0 Å². The molecule has 0 spiro atoms. The largest absolute Gasteiger partial charge is 0.370 e. The van der Waals surface area contributed by atoms with E-state index in [9.17, 15) is 16.8 Å². The van der Waals surface area contributed by atoms with Gasteiger partial charge in [-0.1, -0.05) is 11.6 Å². The van der Waals surface area contributed by atoms with Crippen molar-refractivity contribution in [1.82, 2.24) is 4.31 Å². The molecule has 0 saturated heterocycles. The third-order valence-corrected chi connectivity index (χ3v) is 6.04. The lowest BCUT2D eigenvalue weighted by molar-refractivity contribution is 0.432. The Kier molecular flexibility index (Phi) is 3.97. The smallest absolute Gasteiger partial charge is 0.246 e. The van der Waals surface area contributed by atoms with Crippen LogP contribution in [-0.4, -0.2) is 40.9 Å². The molecule has 0 fully saturated rings. The van der Waals surface area contributed by atoms with Crippen LogP contribution in [0.5, 0.6) is 0 Å². The van der Waals surface area contributed by atoms with Crippen molar-refractivity contribution < 1.29 is 16.8 Å². The number of primary sulfonamides is 1. The fourth-order valence-corrected chi connectivity index (χ4v) is 4.55. The number of halogens is 1. The molecule has 5 N–H and O–H groups in total. The van der Waals surface area contributed by atoms with E-state index < -0.39 is 24.9 Å². The highest BCUT2D eigenvalue weighted by atomic mass is 35.5. The van der Waals surface area contributed by atoms with Gasteiger partial charge in [-0.15, -0.1) is 0 Å². The average molecular weight is 341 g/mol. The van der Waals surface area contributed by atoms with Crippen LogP contribution in [0.2, 0.25) is 5.02 Å². The van der Waals surface area contributed by atoms with E-state index in [-0.39, 0.29) is 35.4 Å². The number of rotatable bonds is 3. The van der Waals surface area contributed by atoms with Crippen LogP contribution >= 0.6 is 11.6 Å². The Balaban J connectivity index is 2.66. The topological polar surface area (TPSA) is 136 Å². The summed E-state index contributed by atoms with van der Waals surface area (Å²) in [6.45, 7) is 0.297. The quantitative estimate of drug-likeness (QED) is 0.667. The molecular formula is C9H13ClN4O4S2. The number of nitrogens with one attached hydrogen (secondary N) is 1. The summed E-state index contributed by atoms with van der Waals surface area (Å²) in [4.78, 5) is -0.622. The second kappa shape index (κ2) is 5.13. The Morgan fingerprint density at radius 1 is 1.40 bits per heavy atom. The Labute approximate surface area is 121 Å². The van der Waals surface area contributed by atoms with Crippen LogP contribution in [0.3, 0.4) is 0 Å².